The van der Waals surface area contributed by atoms with Gasteiger partial charge in [0.25, 0.3) is 0 Å². The topological polar surface area (TPSA) is 139 Å². The molecule has 0 saturated carbocycles. The summed E-state index contributed by atoms with van der Waals surface area (Å²) >= 11 is 0. The Labute approximate surface area is 206 Å². The van der Waals surface area contributed by atoms with E-state index in [1.54, 1.807) is 26.0 Å². The zero-order valence-electron chi connectivity index (χ0n) is 19.5. The third-order valence-electron chi connectivity index (χ3n) is 5.38. The monoisotopic (exact) mass is 521 g/mol. The van der Waals surface area contributed by atoms with Gasteiger partial charge >= 0.3 is 6.18 Å². The fraction of sp³-hybridized carbons (Fsp3) is 0.208. The summed E-state index contributed by atoms with van der Waals surface area (Å²) in [4.78, 5) is 12.8. The molecule has 192 valence electrons. The molecule has 0 aliphatic rings. The van der Waals surface area contributed by atoms with E-state index in [9.17, 15) is 26.4 Å². The molecule has 12 heteroatoms. The van der Waals surface area contributed by atoms with Gasteiger partial charge in [0.1, 0.15) is 0 Å². The van der Waals surface area contributed by atoms with Crippen molar-refractivity contribution in [3.63, 3.8) is 0 Å². The van der Waals surface area contributed by atoms with Crippen molar-refractivity contribution >= 4 is 38.7 Å². The van der Waals surface area contributed by atoms with Crippen molar-refractivity contribution in [1.29, 1.82) is 0 Å². The number of hydrogen-bond acceptors (Lipinski definition) is 6. The second-order valence-corrected chi connectivity index (χ2v) is 10.1. The van der Waals surface area contributed by atoms with Gasteiger partial charge in [0.2, 0.25) is 15.9 Å². The average Bonchev–Trinajstić information content (AvgIpc) is 2.79. The molecule has 3 rings (SSSR count). The van der Waals surface area contributed by atoms with Gasteiger partial charge in [-0.15, -0.1) is 0 Å². The number of amides is 1. The van der Waals surface area contributed by atoms with Crippen molar-refractivity contribution < 1.29 is 26.4 Å². The van der Waals surface area contributed by atoms with Crippen molar-refractivity contribution in [3.8, 4) is 0 Å². The van der Waals surface area contributed by atoms with Crippen LogP contribution in [0.25, 0.3) is 0 Å². The van der Waals surface area contributed by atoms with Crippen LogP contribution >= 0.6 is 0 Å². The van der Waals surface area contributed by atoms with Crippen molar-refractivity contribution in [2.45, 2.75) is 37.0 Å². The molecular formula is C24H26F3N5O3S. The van der Waals surface area contributed by atoms with Crippen molar-refractivity contribution in [1.82, 2.24) is 5.32 Å². The molecule has 0 unspecified atom stereocenters. The predicted octanol–water partition coefficient (Wildman–Crippen LogP) is 4.19. The maximum Gasteiger partial charge on any atom is 0.418 e. The first-order chi connectivity index (χ1) is 16.7. The normalized spacial score (nSPS) is 12.3. The highest BCUT2D eigenvalue weighted by molar-refractivity contribution is 7.89. The van der Waals surface area contributed by atoms with Gasteiger partial charge in [-0.3, -0.25) is 10.1 Å². The molecule has 0 aromatic heterocycles. The second-order valence-electron chi connectivity index (χ2n) is 8.58. The molecule has 0 saturated heterocycles. The van der Waals surface area contributed by atoms with Gasteiger partial charge < -0.3 is 16.4 Å². The number of sulfonamides is 1. The Hall–Kier alpha value is -3.61. The van der Waals surface area contributed by atoms with Crippen LogP contribution in [0.3, 0.4) is 0 Å². The fourth-order valence-corrected chi connectivity index (χ4v) is 3.76. The first-order valence-corrected chi connectivity index (χ1v) is 12.2. The van der Waals surface area contributed by atoms with Gasteiger partial charge in [-0.25, -0.2) is 13.6 Å². The molecule has 7 N–H and O–H groups in total. The third kappa shape index (κ3) is 6.74. The minimum atomic E-state index is -4.64. The van der Waals surface area contributed by atoms with Crippen LogP contribution in [-0.2, 0) is 27.5 Å². The standard InChI is InChI=1S/C24H26F3N5O3S/c1-23(2,22(33)32-17-9-12-20(28)19(13-17)24(25,26)27)30-14-15-5-3-4-6-21(15)31-16-7-10-18(11-8-16)36(29,34)35/h3-13,30-31H,14,28H2,1-2H3,(H,32,33)(H2,29,34,35). The highest BCUT2D eigenvalue weighted by Crippen LogP contribution is 2.35. The zero-order valence-corrected chi connectivity index (χ0v) is 20.3. The maximum absolute atomic E-state index is 13.1. The lowest BCUT2D eigenvalue weighted by molar-refractivity contribution is -0.137. The molecule has 0 fully saturated rings. The molecule has 0 spiro atoms. The molecule has 0 aliphatic heterocycles. The molecule has 1 amide bonds. The van der Waals surface area contributed by atoms with E-state index in [0.29, 0.717) is 11.4 Å². The number of nitrogen functional groups attached to an aromatic ring is 1. The molecule has 0 aliphatic carbocycles. The number of carbonyl (C=O) groups excluding carboxylic acids is 1. The smallest absolute Gasteiger partial charge is 0.398 e. The Morgan fingerprint density at radius 2 is 1.56 bits per heavy atom. The van der Waals surface area contributed by atoms with E-state index in [4.69, 9.17) is 10.9 Å². The van der Waals surface area contributed by atoms with Gasteiger partial charge in [-0.1, -0.05) is 18.2 Å². The van der Waals surface area contributed by atoms with E-state index >= 15 is 0 Å². The SMILES string of the molecule is CC(C)(NCc1ccccc1Nc1ccc(S(N)(=O)=O)cc1)C(=O)Nc1ccc(N)c(C(F)(F)F)c1. The number of rotatable bonds is 8. The number of benzene rings is 3. The van der Waals surface area contributed by atoms with Gasteiger partial charge in [0.15, 0.2) is 0 Å². The van der Waals surface area contributed by atoms with E-state index < -0.39 is 38.9 Å². The predicted molar refractivity (Wildman–Crippen MR) is 133 cm³/mol. The Balaban J connectivity index is 1.70. The van der Waals surface area contributed by atoms with Crippen LogP contribution in [0, 0.1) is 0 Å². The lowest BCUT2D eigenvalue weighted by atomic mass is 10.0. The quantitative estimate of drug-likeness (QED) is 0.282. The Kier molecular flexibility index (Phi) is 7.62. The first kappa shape index (κ1) is 27.0. The number of anilines is 4. The van der Waals surface area contributed by atoms with Crippen LogP contribution in [0.15, 0.2) is 71.6 Å². The third-order valence-corrected chi connectivity index (χ3v) is 6.31. The van der Waals surface area contributed by atoms with Crippen LogP contribution in [0.2, 0.25) is 0 Å². The Morgan fingerprint density at radius 1 is 0.944 bits per heavy atom. The zero-order chi connectivity index (χ0) is 26.7. The molecule has 0 atom stereocenters. The number of para-hydroxylation sites is 1. The lowest BCUT2D eigenvalue weighted by Crippen LogP contribution is -2.49. The van der Waals surface area contributed by atoms with Crippen LogP contribution in [0.1, 0.15) is 25.0 Å². The molecular weight excluding hydrogens is 495 g/mol. The van der Waals surface area contributed by atoms with E-state index in [-0.39, 0.29) is 17.1 Å². The fourth-order valence-electron chi connectivity index (χ4n) is 3.24. The van der Waals surface area contributed by atoms with Gasteiger partial charge in [0, 0.05) is 29.3 Å². The average molecular weight is 522 g/mol. The minimum Gasteiger partial charge on any atom is -0.398 e. The van der Waals surface area contributed by atoms with E-state index in [2.05, 4.69) is 16.0 Å². The number of primary sulfonamides is 1. The molecule has 3 aromatic carbocycles. The van der Waals surface area contributed by atoms with Crippen molar-refractivity contribution in [2.75, 3.05) is 16.4 Å². The highest BCUT2D eigenvalue weighted by atomic mass is 32.2. The molecule has 8 nitrogen and oxygen atoms in total. The molecule has 0 bridgehead atoms. The largest absolute Gasteiger partial charge is 0.418 e. The van der Waals surface area contributed by atoms with Crippen LogP contribution in [0.4, 0.5) is 35.9 Å². The van der Waals surface area contributed by atoms with E-state index in [1.165, 1.54) is 18.2 Å². The van der Waals surface area contributed by atoms with Gasteiger partial charge in [0.05, 0.1) is 16.0 Å². The number of hydrogen-bond donors (Lipinski definition) is 5. The summed E-state index contributed by atoms with van der Waals surface area (Å²) in [5, 5.41) is 13.9. The van der Waals surface area contributed by atoms with Crippen molar-refractivity contribution in [2.24, 2.45) is 5.14 Å². The van der Waals surface area contributed by atoms with Crippen molar-refractivity contribution in [3.05, 3.63) is 77.9 Å². The van der Waals surface area contributed by atoms with E-state index in [0.717, 1.165) is 17.7 Å². The Morgan fingerprint density at radius 3 is 2.17 bits per heavy atom. The molecule has 36 heavy (non-hydrogen) atoms. The minimum absolute atomic E-state index is 0.0146. The van der Waals surface area contributed by atoms with E-state index in [1.807, 2.05) is 24.3 Å². The summed E-state index contributed by atoms with van der Waals surface area (Å²) in [6, 6.07) is 16.4. The second kappa shape index (κ2) is 10.2. The number of nitrogens with one attached hydrogen (secondary N) is 3. The summed E-state index contributed by atoms with van der Waals surface area (Å²) in [6.45, 7) is 3.45. The highest BCUT2D eigenvalue weighted by Gasteiger charge is 2.34. The summed E-state index contributed by atoms with van der Waals surface area (Å²) < 4.78 is 62.3. The van der Waals surface area contributed by atoms with Crippen LogP contribution < -0.4 is 26.8 Å². The molecule has 0 radical (unpaired) electrons. The summed E-state index contributed by atoms with van der Waals surface area (Å²) in [7, 11) is -3.81. The van der Waals surface area contributed by atoms with Gasteiger partial charge in [-0.2, -0.15) is 13.2 Å². The molecule has 0 heterocycles. The summed E-state index contributed by atoms with van der Waals surface area (Å²) in [5.41, 5.74) is 4.91. The number of halogens is 3. The summed E-state index contributed by atoms with van der Waals surface area (Å²) in [5.74, 6) is -0.538. The van der Waals surface area contributed by atoms with Crippen LogP contribution in [0.5, 0.6) is 0 Å². The van der Waals surface area contributed by atoms with Crippen LogP contribution in [-0.4, -0.2) is 19.9 Å². The number of nitrogens with two attached hydrogens (primary N) is 2. The maximum atomic E-state index is 13.1. The number of alkyl halides is 3. The molecule has 3 aromatic rings. The summed E-state index contributed by atoms with van der Waals surface area (Å²) in [6.07, 6.45) is -4.64. The lowest BCUT2D eigenvalue weighted by Gasteiger charge is -2.26. The number of carbonyl (C=O) groups is 1. The van der Waals surface area contributed by atoms with Gasteiger partial charge in [-0.05, 0) is 67.9 Å². The Bertz CT molecular complexity index is 1360. The first-order valence-electron chi connectivity index (χ1n) is 10.7.